The highest BCUT2D eigenvalue weighted by atomic mass is 35.5. The molecule has 0 radical (unpaired) electrons. The number of halogens is 1. The molecule has 2 rings (SSSR count). The standard InChI is InChI=1S/C15H17ClN2O/c1-10(11-6-8-12(16)9-7-11)18-13-4-3-5-14(19-2)15(13)17/h3-10,18H,17H2,1-2H3. The third-order valence-corrected chi connectivity index (χ3v) is 3.28. The zero-order chi connectivity index (χ0) is 13.8. The number of nitrogens with one attached hydrogen (secondary N) is 1. The highest BCUT2D eigenvalue weighted by molar-refractivity contribution is 6.30. The maximum atomic E-state index is 6.04. The van der Waals surface area contributed by atoms with Crippen molar-refractivity contribution in [3.63, 3.8) is 0 Å². The molecule has 0 heterocycles. The van der Waals surface area contributed by atoms with Crippen LogP contribution in [0.1, 0.15) is 18.5 Å². The van der Waals surface area contributed by atoms with E-state index in [-0.39, 0.29) is 6.04 Å². The van der Waals surface area contributed by atoms with Crippen LogP contribution in [0.5, 0.6) is 5.75 Å². The van der Waals surface area contributed by atoms with E-state index in [2.05, 4.69) is 12.2 Å². The number of para-hydroxylation sites is 1. The fourth-order valence-corrected chi connectivity index (χ4v) is 2.04. The first-order valence-corrected chi connectivity index (χ1v) is 6.44. The highest BCUT2D eigenvalue weighted by Gasteiger charge is 2.09. The molecule has 0 fully saturated rings. The summed E-state index contributed by atoms with van der Waals surface area (Å²) in [6, 6.07) is 13.6. The molecule has 4 heteroatoms. The van der Waals surface area contributed by atoms with Crippen molar-refractivity contribution < 1.29 is 4.74 Å². The first kappa shape index (κ1) is 13.6. The van der Waals surface area contributed by atoms with E-state index in [1.54, 1.807) is 7.11 Å². The topological polar surface area (TPSA) is 47.3 Å². The number of hydrogen-bond donors (Lipinski definition) is 2. The molecular weight excluding hydrogens is 260 g/mol. The zero-order valence-corrected chi connectivity index (χ0v) is 11.7. The van der Waals surface area contributed by atoms with E-state index < -0.39 is 0 Å². The Morgan fingerprint density at radius 3 is 2.47 bits per heavy atom. The van der Waals surface area contributed by atoms with Crippen molar-refractivity contribution in [1.82, 2.24) is 0 Å². The van der Waals surface area contributed by atoms with Crippen LogP contribution in [-0.4, -0.2) is 7.11 Å². The first-order chi connectivity index (χ1) is 9.11. The van der Waals surface area contributed by atoms with Gasteiger partial charge in [0.15, 0.2) is 0 Å². The lowest BCUT2D eigenvalue weighted by atomic mass is 10.1. The van der Waals surface area contributed by atoms with Crippen molar-refractivity contribution in [1.29, 1.82) is 0 Å². The van der Waals surface area contributed by atoms with Gasteiger partial charge in [-0.05, 0) is 36.8 Å². The molecule has 1 atom stereocenters. The minimum absolute atomic E-state index is 0.131. The number of methoxy groups -OCH3 is 1. The number of anilines is 2. The van der Waals surface area contributed by atoms with E-state index in [0.717, 1.165) is 16.3 Å². The van der Waals surface area contributed by atoms with E-state index in [9.17, 15) is 0 Å². The molecule has 2 aromatic carbocycles. The van der Waals surface area contributed by atoms with Crippen molar-refractivity contribution in [3.05, 3.63) is 53.1 Å². The Hall–Kier alpha value is -1.87. The second kappa shape index (κ2) is 5.85. The Bertz CT molecular complexity index is 555. The van der Waals surface area contributed by atoms with Gasteiger partial charge in [0.1, 0.15) is 5.75 Å². The molecule has 0 saturated heterocycles. The molecule has 0 aromatic heterocycles. The van der Waals surface area contributed by atoms with Crippen molar-refractivity contribution in [2.75, 3.05) is 18.2 Å². The Kier molecular flexibility index (Phi) is 4.17. The zero-order valence-electron chi connectivity index (χ0n) is 11.0. The molecular formula is C15H17ClN2O. The van der Waals surface area contributed by atoms with Gasteiger partial charge in [-0.1, -0.05) is 29.8 Å². The van der Waals surface area contributed by atoms with Gasteiger partial charge in [0.05, 0.1) is 18.5 Å². The first-order valence-electron chi connectivity index (χ1n) is 6.06. The number of nitrogen functional groups attached to an aromatic ring is 1. The maximum absolute atomic E-state index is 6.04. The van der Waals surface area contributed by atoms with E-state index in [1.165, 1.54) is 0 Å². The predicted octanol–water partition coefficient (Wildman–Crippen LogP) is 4.10. The summed E-state index contributed by atoms with van der Waals surface area (Å²) >= 11 is 5.88. The van der Waals surface area contributed by atoms with Gasteiger partial charge in [-0.25, -0.2) is 0 Å². The summed E-state index contributed by atoms with van der Waals surface area (Å²) in [5.41, 5.74) is 8.66. The van der Waals surface area contributed by atoms with E-state index in [4.69, 9.17) is 22.1 Å². The van der Waals surface area contributed by atoms with E-state index in [0.29, 0.717) is 11.4 Å². The third-order valence-electron chi connectivity index (χ3n) is 3.03. The number of benzene rings is 2. The summed E-state index contributed by atoms with van der Waals surface area (Å²) in [6.07, 6.45) is 0. The van der Waals surface area contributed by atoms with Crippen molar-refractivity contribution in [2.45, 2.75) is 13.0 Å². The average Bonchev–Trinajstić information content (AvgIpc) is 2.42. The van der Waals surface area contributed by atoms with Crippen LogP contribution < -0.4 is 15.8 Å². The summed E-state index contributed by atoms with van der Waals surface area (Å²) in [7, 11) is 1.61. The summed E-state index contributed by atoms with van der Waals surface area (Å²) < 4.78 is 5.21. The Balaban J connectivity index is 2.19. The van der Waals surface area contributed by atoms with Crippen molar-refractivity contribution in [3.8, 4) is 5.75 Å². The van der Waals surface area contributed by atoms with Crippen LogP contribution in [-0.2, 0) is 0 Å². The van der Waals surface area contributed by atoms with Gasteiger partial charge in [-0.15, -0.1) is 0 Å². The Morgan fingerprint density at radius 2 is 1.84 bits per heavy atom. The quantitative estimate of drug-likeness (QED) is 0.827. The monoisotopic (exact) mass is 276 g/mol. The number of ether oxygens (including phenoxy) is 1. The van der Waals surface area contributed by atoms with Crippen LogP contribution in [0.4, 0.5) is 11.4 Å². The van der Waals surface area contributed by atoms with Crippen LogP contribution in [0, 0.1) is 0 Å². The van der Waals surface area contributed by atoms with Gasteiger partial charge in [0, 0.05) is 11.1 Å². The van der Waals surface area contributed by atoms with Gasteiger partial charge in [0.2, 0.25) is 0 Å². The highest BCUT2D eigenvalue weighted by Crippen LogP contribution is 2.31. The van der Waals surface area contributed by atoms with Gasteiger partial charge in [-0.2, -0.15) is 0 Å². The lowest BCUT2D eigenvalue weighted by molar-refractivity contribution is 0.417. The van der Waals surface area contributed by atoms with Crippen LogP contribution in [0.25, 0.3) is 0 Å². The SMILES string of the molecule is COc1cccc(NC(C)c2ccc(Cl)cc2)c1N. The molecule has 0 aliphatic carbocycles. The Labute approximate surface area is 118 Å². The molecule has 2 aromatic rings. The number of nitrogens with two attached hydrogens (primary N) is 1. The number of rotatable bonds is 4. The predicted molar refractivity (Wildman–Crippen MR) is 80.9 cm³/mol. The molecule has 100 valence electrons. The van der Waals surface area contributed by atoms with Gasteiger partial charge in [-0.3, -0.25) is 0 Å². The lowest BCUT2D eigenvalue weighted by Gasteiger charge is -2.18. The van der Waals surface area contributed by atoms with Gasteiger partial charge in [0.25, 0.3) is 0 Å². The minimum atomic E-state index is 0.131. The van der Waals surface area contributed by atoms with Gasteiger partial charge >= 0.3 is 0 Å². The van der Waals surface area contributed by atoms with Crippen molar-refractivity contribution in [2.24, 2.45) is 0 Å². The molecule has 3 nitrogen and oxygen atoms in total. The molecule has 0 aliphatic heterocycles. The summed E-state index contributed by atoms with van der Waals surface area (Å²) in [6.45, 7) is 2.07. The van der Waals surface area contributed by atoms with Crippen LogP contribution >= 0.6 is 11.6 Å². The minimum Gasteiger partial charge on any atom is -0.495 e. The molecule has 0 amide bonds. The summed E-state index contributed by atoms with van der Waals surface area (Å²) in [5.74, 6) is 0.674. The largest absolute Gasteiger partial charge is 0.495 e. The van der Waals surface area contributed by atoms with Crippen LogP contribution in [0.2, 0.25) is 5.02 Å². The number of hydrogen-bond acceptors (Lipinski definition) is 3. The summed E-state index contributed by atoms with van der Waals surface area (Å²) in [4.78, 5) is 0. The fourth-order valence-electron chi connectivity index (χ4n) is 1.92. The molecule has 0 aliphatic rings. The maximum Gasteiger partial charge on any atom is 0.143 e. The molecule has 0 spiro atoms. The lowest BCUT2D eigenvalue weighted by Crippen LogP contribution is -2.08. The molecule has 0 bridgehead atoms. The smallest absolute Gasteiger partial charge is 0.143 e. The molecule has 0 saturated carbocycles. The molecule has 3 N–H and O–H groups in total. The van der Waals surface area contributed by atoms with E-state index >= 15 is 0 Å². The van der Waals surface area contributed by atoms with Crippen LogP contribution in [0.15, 0.2) is 42.5 Å². The molecule has 19 heavy (non-hydrogen) atoms. The van der Waals surface area contributed by atoms with Gasteiger partial charge < -0.3 is 15.8 Å². The molecule has 1 unspecified atom stereocenters. The summed E-state index contributed by atoms with van der Waals surface area (Å²) in [5, 5.41) is 4.11. The fraction of sp³-hybridized carbons (Fsp3) is 0.200. The van der Waals surface area contributed by atoms with E-state index in [1.807, 2.05) is 42.5 Å². The normalized spacial score (nSPS) is 11.9. The second-order valence-electron chi connectivity index (χ2n) is 4.34. The van der Waals surface area contributed by atoms with Crippen LogP contribution in [0.3, 0.4) is 0 Å². The third kappa shape index (κ3) is 3.12. The second-order valence-corrected chi connectivity index (χ2v) is 4.78. The van der Waals surface area contributed by atoms with Crippen molar-refractivity contribution >= 4 is 23.0 Å². The average molecular weight is 277 g/mol. The Morgan fingerprint density at radius 1 is 1.16 bits per heavy atom.